The normalized spacial score (nSPS) is 30.3. The van der Waals surface area contributed by atoms with E-state index in [1.165, 1.54) is 4.90 Å². The number of fused-ring (bicyclic) bond motifs is 5. The molecular formula is C30H27N3O4. The van der Waals surface area contributed by atoms with Crippen LogP contribution in [0.1, 0.15) is 36.3 Å². The van der Waals surface area contributed by atoms with Gasteiger partial charge in [-0.1, -0.05) is 48.5 Å². The quantitative estimate of drug-likeness (QED) is 0.557. The van der Waals surface area contributed by atoms with Crippen molar-refractivity contribution in [3.63, 3.8) is 0 Å². The van der Waals surface area contributed by atoms with E-state index < -0.39 is 11.0 Å². The van der Waals surface area contributed by atoms with Crippen LogP contribution in [0.5, 0.6) is 5.75 Å². The lowest BCUT2D eigenvalue weighted by atomic mass is 9.58. The average molecular weight is 494 g/mol. The number of carbonyl (C=O) groups is 3. The topological polar surface area (TPSA) is 79.0 Å². The van der Waals surface area contributed by atoms with Crippen LogP contribution in [0.3, 0.4) is 0 Å². The van der Waals surface area contributed by atoms with Crippen molar-refractivity contribution in [2.45, 2.75) is 36.8 Å². The molecule has 3 saturated heterocycles. The van der Waals surface area contributed by atoms with Gasteiger partial charge in [-0.15, -0.1) is 0 Å². The Kier molecular flexibility index (Phi) is 4.67. The summed E-state index contributed by atoms with van der Waals surface area (Å²) in [6, 6.07) is 24.4. The number of hydrogen-bond acceptors (Lipinski definition) is 5. The summed E-state index contributed by atoms with van der Waals surface area (Å²) in [4.78, 5) is 46.5. The number of benzene rings is 3. The zero-order chi connectivity index (χ0) is 25.4. The number of carbonyl (C=O) groups excluding carboxylic acids is 3. The third-order valence-electron chi connectivity index (χ3n) is 8.94. The number of nitrogens with zero attached hydrogens (tertiary/aromatic N) is 2. The Balaban J connectivity index is 1.53. The minimum atomic E-state index is -1.30. The lowest BCUT2D eigenvalue weighted by molar-refractivity contribution is -0.143. The molecule has 3 amide bonds. The molecular weight excluding hydrogens is 466 g/mol. The average Bonchev–Trinajstić information content (AvgIpc) is 3.63. The van der Waals surface area contributed by atoms with Crippen molar-refractivity contribution in [1.29, 1.82) is 0 Å². The molecule has 37 heavy (non-hydrogen) atoms. The molecule has 186 valence electrons. The summed E-state index contributed by atoms with van der Waals surface area (Å²) in [5.74, 6) is -0.411. The van der Waals surface area contributed by atoms with Crippen LogP contribution >= 0.6 is 0 Å². The summed E-state index contributed by atoms with van der Waals surface area (Å²) in [5.41, 5.74) is 0.423. The molecule has 4 aliphatic rings. The summed E-state index contributed by atoms with van der Waals surface area (Å²) in [7, 11) is 1.62. The van der Waals surface area contributed by atoms with Gasteiger partial charge >= 0.3 is 0 Å². The second-order valence-electron chi connectivity index (χ2n) is 10.4. The van der Waals surface area contributed by atoms with Gasteiger partial charge in [-0.3, -0.25) is 19.3 Å². The number of ether oxygens (including phenoxy) is 1. The number of hydrogen-bond donors (Lipinski definition) is 1. The first-order valence-corrected chi connectivity index (χ1v) is 12.8. The van der Waals surface area contributed by atoms with Crippen molar-refractivity contribution in [2.24, 2.45) is 5.41 Å². The van der Waals surface area contributed by atoms with Crippen LogP contribution in [0, 0.1) is 5.41 Å². The zero-order valence-corrected chi connectivity index (χ0v) is 20.5. The fourth-order valence-electron chi connectivity index (χ4n) is 7.72. The molecule has 4 atom stereocenters. The smallest absolute Gasteiger partial charge is 0.250 e. The van der Waals surface area contributed by atoms with Gasteiger partial charge in [0.2, 0.25) is 11.8 Å². The molecule has 0 aromatic heterocycles. The van der Waals surface area contributed by atoms with Crippen LogP contribution in [0.4, 0.5) is 11.4 Å². The number of amides is 3. The molecule has 7 heteroatoms. The fraction of sp³-hybridized carbons (Fsp3) is 0.300. The van der Waals surface area contributed by atoms with Crippen LogP contribution in [-0.4, -0.2) is 42.3 Å². The Morgan fingerprint density at radius 1 is 0.919 bits per heavy atom. The Hall–Kier alpha value is -3.97. The van der Waals surface area contributed by atoms with E-state index in [4.69, 9.17) is 4.74 Å². The van der Waals surface area contributed by atoms with Gasteiger partial charge in [-0.2, -0.15) is 0 Å². The summed E-state index contributed by atoms with van der Waals surface area (Å²) < 4.78 is 5.40. The SMILES string of the molecule is COc1ccc(C2C3CCCN3C3(C(=O)Nc4ccccc43)C23CC(=O)N(c2ccccc2)C3=O)cc1. The lowest BCUT2D eigenvalue weighted by Crippen LogP contribution is -2.59. The summed E-state index contributed by atoms with van der Waals surface area (Å²) in [6.45, 7) is 0.688. The van der Waals surface area contributed by atoms with E-state index in [1.807, 2.05) is 66.7 Å². The van der Waals surface area contributed by atoms with E-state index in [0.29, 0.717) is 17.9 Å². The predicted molar refractivity (Wildman–Crippen MR) is 138 cm³/mol. The van der Waals surface area contributed by atoms with Crippen molar-refractivity contribution in [1.82, 2.24) is 4.90 Å². The van der Waals surface area contributed by atoms with Crippen molar-refractivity contribution in [2.75, 3.05) is 23.9 Å². The number of imide groups is 1. The van der Waals surface area contributed by atoms with Gasteiger partial charge in [-0.25, -0.2) is 4.90 Å². The molecule has 2 spiro atoms. The molecule has 4 aliphatic heterocycles. The van der Waals surface area contributed by atoms with Gasteiger partial charge in [0, 0.05) is 29.6 Å². The highest BCUT2D eigenvalue weighted by molar-refractivity contribution is 6.26. The van der Waals surface area contributed by atoms with E-state index in [1.54, 1.807) is 19.2 Å². The van der Waals surface area contributed by atoms with Gasteiger partial charge in [0.15, 0.2) is 0 Å². The Labute approximate surface area is 215 Å². The first-order valence-electron chi connectivity index (χ1n) is 12.8. The maximum Gasteiger partial charge on any atom is 0.250 e. The van der Waals surface area contributed by atoms with Crippen LogP contribution < -0.4 is 15.0 Å². The van der Waals surface area contributed by atoms with Gasteiger partial charge in [0.05, 0.1) is 18.2 Å². The van der Waals surface area contributed by atoms with E-state index in [-0.39, 0.29) is 36.1 Å². The number of para-hydroxylation sites is 2. The van der Waals surface area contributed by atoms with Crippen LogP contribution in [0.25, 0.3) is 0 Å². The van der Waals surface area contributed by atoms with Gasteiger partial charge in [0.25, 0.3) is 5.91 Å². The molecule has 7 nitrogen and oxygen atoms in total. The number of methoxy groups -OCH3 is 1. The van der Waals surface area contributed by atoms with Crippen molar-refractivity contribution in [3.05, 3.63) is 90.0 Å². The lowest BCUT2D eigenvalue weighted by Gasteiger charge is -2.43. The molecule has 4 unspecified atom stereocenters. The van der Waals surface area contributed by atoms with Crippen LogP contribution in [0.15, 0.2) is 78.9 Å². The predicted octanol–water partition coefficient (Wildman–Crippen LogP) is 4.05. The van der Waals surface area contributed by atoms with E-state index in [2.05, 4.69) is 10.2 Å². The minimum Gasteiger partial charge on any atom is -0.497 e. The Morgan fingerprint density at radius 2 is 1.65 bits per heavy atom. The van der Waals surface area contributed by atoms with Crippen molar-refractivity contribution >= 4 is 29.1 Å². The highest BCUT2D eigenvalue weighted by Crippen LogP contribution is 2.70. The molecule has 3 aromatic rings. The molecule has 3 aromatic carbocycles. The van der Waals surface area contributed by atoms with Crippen molar-refractivity contribution < 1.29 is 19.1 Å². The van der Waals surface area contributed by atoms with Crippen LogP contribution in [-0.2, 0) is 19.9 Å². The molecule has 4 heterocycles. The summed E-state index contributed by atoms with van der Waals surface area (Å²) in [5, 5.41) is 3.09. The molecule has 1 N–H and O–H groups in total. The molecule has 3 fully saturated rings. The van der Waals surface area contributed by atoms with Crippen LogP contribution in [0.2, 0.25) is 0 Å². The van der Waals surface area contributed by atoms with E-state index in [9.17, 15) is 14.4 Å². The molecule has 0 radical (unpaired) electrons. The molecule has 7 rings (SSSR count). The maximum atomic E-state index is 14.9. The number of anilines is 2. The maximum absolute atomic E-state index is 14.9. The fourth-order valence-corrected chi connectivity index (χ4v) is 7.72. The van der Waals surface area contributed by atoms with E-state index in [0.717, 1.165) is 29.7 Å². The summed E-state index contributed by atoms with van der Waals surface area (Å²) in [6.07, 6.45) is 1.74. The van der Waals surface area contributed by atoms with Gasteiger partial charge in [0.1, 0.15) is 11.3 Å². The molecule has 0 saturated carbocycles. The first kappa shape index (κ1) is 22.2. The number of rotatable bonds is 3. The first-order chi connectivity index (χ1) is 18.0. The molecule has 0 bridgehead atoms. The minimum absolute atomic E-state index is 0.0355. The standard InChI is InChI=1S/C30H27N3O4/c1-37-21-15-13-19(14-16-21)26-24-12-7-17-32(24)30(22-10-5-6-11-23(22)31-27(30)35)29(26)18-25(34)33(28(29)36)20-8-3-2-4-9-20/h2-6,8-11,13-16,24,26H,7,12,17-18H2,1H3,(H,31,35). The highest BCUT2D eigenvalue weighted by atomic mass is 16.5. The van der Waals surface area contributed by atoms with E-state index >= 15 is 0 Å². The molecule has 0 aliphatic carbocycles. The van der Waals surface area contributed by atoms with Crippen molar-refractivity contribution in [3.8, 4) is 5.75 Å². The summed E-state index contributed by atoms with van der Waals surface area (Å²) >= 11 is 0. The van der Waals surface area contributed by atoms with Gasteiger partial charge in [-0.05, 0) is 55.3 Å². The second kappa shape index (κ2) is 7.76. The Bertz CT molecular complexity index is 1440. The Morgan fingerprint density at radius 3 is 2.41 bits per heavy atom. The third kappa shape index (κ3) is 2.62. The van der Waals surface area contributed by atoms with Gasteiger partial charge < -0.3 is 10.1 Å². The third-order valence-corrected chi connectivity index (χ3v) is 8.94. The second-order valence-corrected chi connectivity index (χ2v) is 10.4. The number of nitrogens with one attached hydrogen (secondary N) is 1. The monoisotopic (exact) mass is 493 g/mol. The largest absolute Gasteiger partial charge is 0.497 e. The zero-order valence-electron chi connectivity index (χ0n) is 20.5. The highest BCUT2D eigenvalue weighted by Gasteiger charge is 2.80.